The average molecular weight is 341 g/mol. The number of imidazole rings is 1. The van der Waals surface area contributed by atoms with Crippen LogP contribution in [0.3, 0.4) is 0 Å². The van der Waals surface area contributed by atoms with Crippen molar-refractivity contribution < 1.29 is 0 Å². The van der Waals surface area contributed by atoms with Gasteiger partial charge in [-0.05, 0) is 29.2 Å². The third-order valence-corrected chi connectivity index (χ3v) is 4.52. The Hall–Kier alpha value is -2.27. The molecule has 4 rings (SSSR count). The van der Waals surface area contributed by atoms with Gasteiger partial charge < -0.3 is 5.73 Å². The highest BCUT2D eigenvalue weighted by Gasteiger charge is 2.16. The highest BCUT2D eigenvalue weighted by atomic mass is 79.9. The van der Waals surface area contributed by atoms with E-state index in [-0.39, 0.29) is 0 Å². The number of rotatable bonds is 1. The molecule has 0 radical (unpaired) electrons. The van der Waals surface area contributed by atoms with Crippen molar-refractivity contribution >= 4 is 38.5 Å². The Kier molecular flexibility index (Phi) is 2.75. The van der Waals surface area contributed by atoms with E-state index in [2.05, 4.69) is 44.1 Å². The topological polar surface area (TPSA) is 47.1 Å². The van der Waals surface area contributed by atoms with Crippen LogP contribution in [-0.2, 0) is 6.54 Å². The summed E-state index contributed by atoms with van der Waals surface area (Å²) in [6.45, 7) is 0.768. The minimum atomic E-state index is 0.768. The number of fused-ring (bicyclic) bond motifs is 2. The average Bonchev–Trinajstić information content (AvgIpc) is 3.02. The first kappa shape index (κ1) is 12.5. The van der Waals surface area contributed by atoms with Gasteiger partial charge in [-0.1, -0.05) is 28.1 Å². The standard InChI is InChI=1S/C16H13BrN4/c17-15-3-1-2-13-14(15)8-11-9-20(21-7-5-19-10-21)6-4-12(11)16(13)18/h1-8,10H,9,18H2. The predicted octanol–water partition coefficient (Wildman–Crippen LogP) is 3.50. The Bertz CT molecular complexity index is 852. The summed E-state index contributed by atoms with van der Waals surface area (Å²) in [4.78, 5) is 4.09. The fraction of sp³-hybridized carbons (Fsp3) is 0.0625. The number of benzene rings is 2. The molecule has 0 unspecified atom stereocenters. The second kappa shape index (κ2) is 4.63. The molecule has 0 fully saturated rings. The molecule has 0 aliphatic carbocycles. The molecule has 104 valence electrons. The third kappa shape index (κ3) is 1.93. The molecule has 1 aromatic heterocycles. The number of halogens is 1. The molecule has 3 aromatic rings. The van der Waals surface area contributed by atoms with E-state index in [1.807, 2.05) is 29.2 Å². The summed E-state index contributed by atoms with van der Waals surface area (Å²) in [6, 6.07) is 8.32. The minimum Gasteiger partial charge on any atom is -0.398 e. The quantitative estimate of drug-likeness (QED) is 0.689. The second-order valence-corrected chi connectivity index (χ2v) is 5.91. The Balaban J connectivity index is 1.89. The summed E-state index contributed by atoms with van der Waals surface area (Å²) in [5.74, 6) is 0. The zero-order valence-corrected chi connectivity index (χ0v) is 12.8. The summed E-state index contributed by atoms with van der Waals surface area (Å²) in [6.07, 6.45) is 9.58. The van der Waals surface area contributed by atoms with Crippen LogP contribution in [0.15, 0.2) is 53.7 Å². The lowest BCUT2D eigenvalue weighted by Gasteiger charge is -2.27. The van der Waals surface area contributed by atoms with Crippen LogP contribution in [0.2, 0.25) is 0 Å². The molecule has 0 spiro atoms. The summed E-state index contributed by atoms with van der Waals surface area (Å²) in [5, 5.41) is 4.33. The highest BCUT2D eigenvalue weighted by molar-refractivity contribution is 9.10. The third-order valence-electron chi connectivity index (χ3n) is 3.83. The second-order valence-electron chi connectivity index (χ2n) is 5.05. The summed E-state index contributed by atoms with van der Waals surface area (Å²) < 4.78 is 3.03. The van der Waals surface area contributed by atoms with Gasteiger partial charge in [-0.15, -0.1) is 0 Å². The molecular formula is C16H13BrN4. The number of nitrogens with two attached hydrogens (primary N) is 1. The molecule has 2 aromatic carbocycles. The van der Waals surface area contributed by atoms with Crippen molar-refractivity contribution in [1.82, 2.24) is 9.66 Å². The van der Waals surface area contributed by atoms with E-state index in [0.717, 1.165) is 33.0 Å². The maximum Gasteiger partial charge on any atom is 0.114 e. The lowest BCUT2D eigenvalue weighted by molar-refractivity contribution is 0.676. The smallest absolute Gasteiger partial charge is 0.114 e. The largest absolute Gasteiger partial charge is 0.398 e. The summed E-state index contributed by atoms with van der Waals surface area (Å²) in [5.41, 5.74) is 9.52. The molecule has 4 nitrogen and oxygen atoms in total. The van der Waals surface area contributed by atoms with Gasteiger partial charge in [0.05, 0.1) is 6.54 Å². The molecule has 1 aliphatic rings. The van der Waals surface area contributed by atoms with Crippen molar-refractivity contribution in [1.29, 1.82) is 0 Å². The van der Waals surface area contributed by atoms with Crippen molar-refractivity contribution in [2.24, 2.45) is 0 Å². The number of nitrogen functional groups attached to an aromatic ring is 1. The Morgan fingerprint density at radius 3 is 2.95 bits per heavy atom. The fourth-order valence-corrected chi connectivity index (χ4v) is 3.25. The first-order valence-corrected chi connectivity index (χ1v) is 7.46. The lowest BCUT2D eigenvalue weighted by atomic mass is 9.96. The van der Waals surface area contributed by atoms with E-state index in [4.69, 9.17) is 5.73 Å². The van der Waals surface area contributed by atoms with Crippen molar-refractivity contribution in [3.05, 3.63) is 64.8 Å². The van der Waals surface area contributed by atoms with Gasteiger partial charge in [-0.3, -0.25) is 5.01 Å². The maximum atomic E-state index is 6.36. The first-order chi connectivity index (χ1) is 10.2. The van der Waals surface area contributed by atoms with Gasteiger partial charge >= 0.3 is 0 Å². The van der Waals surface area contributed by atoms with Crippen LogP contribution in [0.1, 0.15) is 11.1 Å². The summed E-state index contributed by atoms with van der Waals surface area (Å²) >= 11 is 3.61. The number of anilines is 1. The van der Waals surface area contributed by atoms with E-state index >= 15 is 0 Å². The van der Waals surface area contributed by atoms with Crippen molar-refractivity contribution in [3.8, 4) is 0 Å². The van der Waals surface area contributed by atoms with Gasteiger partial charge in [0.15, 0.2) is 0 Å². The van der Waals surface area contributed by atoms with E-state index in [9.17, 15) is 0 Å². The molecule has 21 heavy (non-hydrogen) atoms. The Labute approximate surface area is 130 Å². The number of aromatic nitrogens is 2. The Morgan fingerprint density at radius 2 is 2.14 bits per heavy atom. The van der Waals surface area contributed by atoms with Crippen LogP contribution in [0.5, 0.6) is 0 Å². The van der Waals surface area contributed by atoms with Crippen LogP contribution < -0.4 is 10.7 Å². The monoisotopic (exact) mass is 340 g/mol. The van der Waals surface area contributed by atoms with Gasteiger partial charge in [0.25, 0.3) is 0 Å². The van der Waals surface area contributed by atoms with E-state index < -0.39 is 0 Å². The van der Waals surface area contributed by atoms with Gasteiger partial charge in [-0.25, -0.2) is 9.66 Å². The van der Waals surface area contributed by atoms with Gasteiger partial charge in [0, 0.05) is 39.7 Å². The first-order valence-electron chi connectivity index (χ1n) is 6.67. The molecule has 0 atom stereocenters. The minimum absolute atomic E-state index is 0.768. The molecule has 0 bridgehead atoms. The SMILES string of the molecule is Nc1c2c(cc3c(Br)cccc13)CN(n1ccnc1)C=C2. The number of nitrogens with zero attached hydrogens (tertiary/aromatic N) is 3. The zero-order valence-electron chi connectivity index (χ0n) is 11.2. The highest BCUT2D eigenvalue weighted by Crippen LogP contribution is 2.35. The summed E-state index contributed by atoms with van der Waals surface area (Å²) in [7, 11) is 0. The molecule has 2 heterocycles. The Morgan fingerprint density at radius 1 is 1.24 bits per heavy atom. The maximum absolute atomic E-state index is 6.36. The predicted molar refractivity (Wildman–Crippen MR) is 89.2 cm³/mol. The molecule has 0 amide bonds. The number of hydrogen-bond acceptors (Lipinski definition) is 3. The van der Waals surface area contributed by atoms with Crippen LogP contribution in [0.25, 0.3) is 16.8 Å². The normalized spacial score (nSPS) is 13.7. The van der Waals surface area contributed by atoms with Crippen molar-refractivity contribution in [2.45, 2.75) is 6.54 Å². The molecule has 0 saturated carbocycles. The van der Waals surface area contributed by atoms with Crippen molar-refractivity contribution in [2.75, 3.05) is 10.7 Å². The molecule has 1 aliphatic heterocycles. The fourth-order valence-electron chi connectivity index (χ4n) is 2.77. The van der Waals surface area contributed by atoms with Gasteiger partial charge in [-0.2, -0.15) is 0 Å². The van der Waals surface area contributed by atoms with Crippen LogP contribution >= 0.6 is 15.9 Å². The zero-order chi connectivity index (χ0) is 14.4. The molecule has 0 saturated heterocycles. The van der Waals surface area contributed by atoms with Gasteiger partial charge in [0.2, 0.25) is 0 Å². The molecule has 5 heteroatoms. The van der Waals surface area contributed by atoms with Crippen LogP contribution in [-0.4, -0.2) is 9.66 Å². The van der Waals surface area contributed by atoms with E-state index in [0.29, 0.717) is 0 Å². The van der Waals surface area contributed by atoms with Crippen molar-refractivity contribution in [3.63, 3.8) is 0 Å². The van der Waals surface area contributed by atoms with E-state index in [1.54, 1.807) is 12.5 Å². The van der Waals surface area contributed by atoms with E-state index in [1.165, 1.54) is 5.56 Å². The van der Waals surface area contributed by atoms with Crippen LogP contribution in [0.4, 0.5) is 5.69 Å². The van der Waals surface area contributed by atoms with Gasteiger partial charge in [0.1, 0.15) is 6.33 Å². The molecular weight excluding hydrogens is 328 g/mol. The lowest BCUT2D eigenvalue weighted by Crippen LogP contribution is -2.29. The molecule has 2 N–H and O–H groups in total. The number of hydrogen-bond donors (Lipinski definition) is 1. The van der Waals surface area contributed by atoms with Crippen LogP contribution in [0, 0.1) is 0 Å².